The van der Waals surface area contributed by atoms with Crippen LogP contribution < -0.4 is 0 Å². The first kappa shape index (κ1) is 31.5. The van der Waals surface area contributed by atoms with E-state index < -0.39 is 0 Å². The molecule has 9 aromatic carbocycles. The molecule has 10 rings (SSSR count). The minimum absolute atomic E-state index is 0.628. The highest BCUT2D eigenvalue weighted by Crippen LogP contribution is 2.39. The Morgan fingerprint density at radius 2 is 0.630 bits per heavy atom. The van der Waals surface area contributed by atoms with Gasteiger partial charge in [0.15, 0.2) is 17.5 Å². The molecule has 3 nitrogen and oxygen atoms in total. The van der Waals surface area contributed by atoms with Crippen molar-refractivity contribution < 1.29 is 0 Å². The van der Waals surface area contributed by atoms with E-state index in [4.69, 9.17) is 15.0 Å². The van der Waals surface area contributed by atoms with E-state index in [0.29, 0.717) is 17.5 Å². The molecule has 0 saturated carbocycles. The Morgan fingerprint density at radius 3 is 1.35 bits per heavy atom. The molecule has 0 saturated heterocycles. The lowest BCUT2D eigenvalue weighted by atomic mass is 9.92. The Kier molecular flexibility index (Phi) is 7.81. The summed E-state index contributed by atoms with van der Waals surface area (Å²) in [5, 5.41) is 7.05. The molecular weight excluding hydrogens is 655 g/mol. The summed E-state index contributed by atoms with van der Waals surface area (Å²) in [6, 6.07) is 70.5. The Balaban J connectivity index is 1.17. The van der Waals surface area contributed by atoms with Crippen LogP contribution >= 0.6 is 0 Å². The van der Waals surface area contributed by atoms with Gasteiger partial charge in [0.05, 0.1) is 0 Å². The molecule has 0 aliphatic heterocycles. The number of rotatable bonds is 6. The van der Waals surface area contributed by atoms with Crippen LogP contribution in [-0.2, 0) is 0 Å². The number of hydrogen-bond acceptors (Lipinski definition) is 3. The van der Waals surface area contributed by atoms with Crippen LogP contribution in [0.2, 0.25) is 0 Å². The normalized spacial score (nSPS) is 11.3. The van der Waals surface area contributed by atoms with Crippen LogP contribution in [0.15, 0.2) is 200 Å². The number of benzene rings is 9. The van der Waals surface area contributed by atoms with Gasteiger partial charge in [0, 0.05) is 16.7 Å². The fraction of sp³-hybridized carbons (Fsp3) is 0. The van der Waals surface area contributed by atoms with E-state index in [1.54, 1.807) is 0 Å². The Bertz CT molecular complexity index is 2990. The first-order chi connectivity index (χ1) is 26.8. The third-order valence-corrected chi connectivity index (χ3v) is 10.4. The smallest absolute Gasteiger partial charge is 0.164 e. The van der Waals surface area contributed by atoms with Crippen LogP contribution in [0.1, 0.15) is 0 Å². The number of nitrogens with zero attached hydrogens (tertiary/aromatic N) is 3. The molecule has 0 amide bonds. The van der Waals surface area contributed by atoms with Crippen molar-refractivity contribution in [3.05, 3.63) is 200 Å². The molecule has 1 heterocycles. The summed E-state index contributed by atoms with van der Waals surface area (Å²) in [4.78, 5) is 15.8. The Hall–Kier alpha value is -7.23. The average Bonchev–Trinajstić information content (AvgIpc) is 3.26. The fourth-order valence-corrected chi connectivity index (χ4v) is 7.80. The minimum Gasteiger partial charge on any atom is -0.208 e. The minimum atomic E-state index is 0.628. The van der Waals surface area contributed by atoms with Crippen molar-refractivity contribution in [2.75, 3.05) is 0 Å². The van der Waals surface area contributed by atoms with Gasteiger partial charge in [0.2, 0.25) is 0 Å². The molecule has 252 valence electrons. The van der Waals surface area contributed by atoms with Gasteiger partial charge >= 0.3 is 0 Å². The van der Waals surface area contributed by atoms with E-state index >= 15 is 0 Å². The number of fused-ring (bicyclic) bond motifs is 3. The van der Waals surface area contributed by atoms with Crippen molar-refractivity contribution in [2.24, 2.45) is 0 Å². The molecule has 10 aromatic rings. The summed E-state index contributed by atoms with van der Waals surface area (Å²) < 4.78 is 0. The maximum absolute atomic E-state index is 5.27. The molecular formula is C51H33N3. The second-order valence-corrected chi connectivity index (χ2v) is 13.6. The van der Waals surface area contributed by atoms with Gasteiger partial charge in [0.1, 0.15) is 0 Å². The standard InChI is InChI=1S/C51H33N3/c1-2-15-34(16-3-1)40-27-13-31-45-42(28-14-30-43(40)45)37-21-10-22-38(33-37)49-52-50(47-32-12-20-36-18-5-7-24-41(36)47)54-51(53-49)48-26-9-8-25-46(48)44-29-11-19-35-17-4-6-23-39(35)44/h1-33H. The second kappa shape index (κ2) is 13.4. The fourth-order valence-electron chi connectivity index (χ4n) is 7.80. The van der Waals surface area contributed by atoms with E-state index in [2.05, 4.69) is 200 Å². The zero-order chi connectivity index (χ0) is 35.8. The first-order valence-corrected chi connectivity index (χ1v) is 18.3. The number of aromatic nitrogens is 3. The zero-order valence-corrected chi connectivity index (χ0v) is 29.4. The van der Waals surface area contributed by atoms with Gasteiger partial charge in [-0.15, -0.1) is 0 Å². The maximum atomic E-state index is 5.27. The second-order valence-electron chi connectivity index (χ2n) is 13.6. The Morgan fingerprint density at radius 1 is 0.222 bits per heavy atom. The molecule has 0 spiro atoms. The molecule has 54 heavy (non-hydrogen) atoms. The third kappa shape index (κ3) is 5.60. The van der Waals surface area contributed by atoms with Crippen LogP contribution in [0.5, 0.6) is 0 Å². The number of hydrogen-bond donors (Lipinski definition) is 0. The lowest BCUT2D eigenvalue weighted by molar-refractivity contribution is 1.08. The highest BCUT2D eigenvalue weighted by molar-refractivity contribution is 6.05. The molecule has 0 unspecified atom stereocenters. The van der Waals surface area contributed by atoms with Crippen molar-refractivity contribution >= 4 is 32.3 Å². The predicted octanol–water partition coefficient (Wildman–Crippen LogP) is 13.3. The van der Waals surface area contributed by atoms with Gasteiger partial charge in [-0.05, 0) is 71.8 Å². The lowest BCUT2D eigenvalue weighted by Crippen LogP contribution is -2.01. The largest absolute Gasteiger partial charge is 0.208 e. The van der Waals surface area contributed by atoms with Gasteiger partial charge < -0.3 is 0 Å². The maximum Gasteiger partial charge on any atom is 0.164 e. The monoisotopic (exact) mass is 687 g/mol. The van der Waals surface area contributed by atoms with Crippen LogP contribution in [-0.4, -0.2) is 15.0 Å². The summed E-state index contributed by atoms with van der Waals surface area (Å²) in [6.07, 6.45) is 0. The van der Waals surface area contributed by atoms with E-state index in [1.807, 2.05) is 0 Å². The molecule has 0 radical (unpaired) electrons. The van der Waals surface area contributed by atoms with Crippen LogP contribution in [0.4, 0.5) is 0 Å². The Labute approximate surface area is 313 Å². The molecule has 0 aliphatic rings. The molecule has 0 bridgehead atoms. The average molecular weight is 688 g/mol. The van der Waals surface area contributed by atoms with E-state index in [9.17, 15) is 0 Å². The summed E-state index contributed by atoms with van der Waals surface area (Å²) in [7, 11) is 0. The quantitative estimate of drug-likeness (QED) is 0.175. The molecule has 1 aromatic heterocycles. The highest BCUT2D eigenvalue weighted by Gasteiger charge is 2.18. The summed E-state index contributed by atoms with van der Waals surface area (Å²) >= 11 is 0. The van der Waals surface area contributed by atoms with E-state index in [-0.39, 0.29) is 0 Å². The topological polar surface area (TPSA) is 38.7 Å². The highest BCUT2D eigenvalue weighted by atomic mass is 15.0. The SMILES string of the molecule is c1ccc(-c2cccc3c(-c4cccc(-c5nc(-c6ccccc6-c6cccc7ccccc67)nc(-c6cccc7ccccc67)n5)c4)cccc23)cc1. The van der Waals surface area contributed by atoms with Crippen molar-refractivity contribution in [1.29, 1.82) is 0 Å². The molecule has 0 atom stereocenters. The van der Waals surface area contributed by atoms with Gasteiger partial charge in [-0.1, -0.05) is 194 Å². The summed E-state index contributed by atoms with van der Waals surface area (Å²) in [5.74, 6) is 1.90. The molecule has 0 N–H and O–H groups in total. The molecule has 3 heteroatoms. The molecule has 0 aliphatic carbocycles. The third-order valence-electron chi connectivity index (χ3n) is 10.4. The van der Waals surface area contributed by atoms with E-state index in [1.165, 1.54) is 32.7 Å². The summed E-state index contributed by atoms with van der Waals surface area (Å²) in [6.45, 7) is 0. The van der Waals surface area contributed by atoms with Gasteiger partial charge in [0.25, 0.3) is 0 Å². The van der Waals surface area contributed by atoms with Crippen LogP contribution in [0, 0.1) is 0 Å². The molecule has 0 fully saturated rings. The van der Waals surface area contributed by atoms with Crippen LogP contribution in [0.3, 0.4) is 0 Å². The van der Waals surface area contributed by atoms with Gasteiger partial charge in [-0.25, -0.2) is 15.0 Å². The summed E-state index contributed by atoms with van der Waals surface area (Å²) in [5.41, 5.74) is 9.77. The van der Waals surface area contributed by atoms with Crippen molar-refractivity contribution in [3.63, 3.8) is 0 Å². The van der Waals surface area contributed by atoms with Gasteiger partial charge in [-0.3, -0.25) is 0 Å². The lowest BCUT2D eigenvalue weighted by Gasteiger charge is -2.15. The van der Waals surface area contributed by atoms with Crippen molar-refractivity contribution in [2.45, 2.75) is 0 Å². The zero-order valence-electron chi connectivity index (χ0n) is 29.4. The van der Waals surface area contributed by atoms with Crippen LogP contribution in [0.25, 0.3) is 99.9 Å². The van der Waals surface area contributed by atoms with Crippen molar-refractivity contribution in [3.8, 4) is 67.5 Å². The van der Waals surface area contributed by atoms with E-state index in [0.717, 1.165) is 49.7 Å². The predicted molar refractivity (Wildman–Crippen MR) is 225 cm³/mol. The van der Waals surface area contributed by atoms with Crippen molar-refractivity contribution in [1.82, 2.24) is 15.0 Å². The first-order valence-electron chi connectivity index (χ1n) is 18.3. The van der Waals surface area contributed by atoms with Gasteiger partial charge in [-0.2, -0.15) is 0 Å².